The van der Waals surface area contributed by atoms with Gasteiger partial charge in [0.2, 0.25) is 5.91 Å². The number of carboxylic acid groups (broad SMARTS) is 1. The highest BCUT2D eigenvalue weighted by Crippen LogP contribution is 2.44. The monoisotopic (exact) mass is 471 g/mol. The summed E-state index contributed by atoms with van der Waals surface area (Å²) < 4.78 is 0. The van der Waals surface area contributed by atoms with Gasteiger partial charge in [-0.3, -0.25) is 14.4 Å². The predicted molar refractivity (Wildman–Crippen MR) is 134 cm³/mol. The minimum Gasteiger partial charge on any atom is -0.481 e. The number of hydrogen-bond donors (Lipinski definition) is 3. The fraction of sp³-hybridized carbons (Fsp3) is 0.357. The molecule has 2 saturated carbocycles. The maximum atomic E-state index is 13.0. The Bertz CT molecular complexity index is 1340. The van der Waals surface area contributed by atoms with E-state index in [4.69, 9.17) is 0 Å². The van der Waals surface area contributed by atoms with E-state index in [0.29, 0.717) is 30.6 Å². The number of aryl methyl sites for hydroxylation is 1. The van der Waals surface area contributed by atoms with Gasteiger partial charge >= 0.3 is 5.97 Å². The molecule has 180 valence electrons. The molecule has 0 bridgehead atoms. The van der Waals surface area contributed by atoms with Crippen molar-refractivity contribution >= 4 is 34.4 Å². The smallest absolute Gasteiger partial charge is 0.311 e. The molecule has 2 atom stereocenters. The van der Waals surface area contributed by atoms with Crippen molar-refractivity contribution in [2.45, 2.75) is 52.0 Å². The first-order chi connectivity index (χ1) is 16.8. The van der Waals surface area contributed by atoms with Crippen molar-refractivity contribution in [3.8, 4) is 11.1 Å². The summed E-state index contributed by atoms with van der Waals surface area (Å²) in [5.74, 6) is -0.401. The number of aromatic nitrogens is 1. The van der Waals surface area contributed by atoms with E-state index in [1.54, 1.807) is 12.3 Å². The van der Waals surface area contributed by atoms with Crippen molar-refractivity contribution in [3.63, 3.8) is 0 Å². The van der Waals surface area contributed by atoms with Crippen LogP contribution in [0.5, 0.6) is 0 Å². The summed E-state index contributed by atoms with van der Waals surface area (Å²) in [5.41, 5.74) is 2.55. The van der Waals surface area contributed by atoms with Gasteiger partial charge in [-0.2, -0.15) is 0 Å². The van der Waals surface area contributed by atoms with Gasteiger partial charge in [-0.05, 0) is 85.4 Å². The normalized spacial score (nSPS) is 21.3. The van der Waals surface area contributed by atoms with Crippen LogP contribution in [0, 0.1) is 18.3 Å². The maximum Gasteiger partial charge on any atom is 0.311 e. The van der Waals surface area contributed by atoms with Crippen LogP contribution in [0.4, 0.5) is 5.82 Å². The Hall–Kier alpha value is -3.74. The van der Waals surface area contributed by atoms with E-state index in [2.05, 4.69) is 15.6 Å². The first-order valence-electron chi connectivity index (χ1n) is 12.2. The number of amides is 2. The molecule has 2 aliphatic rings. The Labute approximate surface area is 204 Å². The molecular formula is C28H29N3O4. The predicted octanol–water partition coefficient (Wildman–Crippen LogP) is 4.93. The Morgan fingerprint density at radius 3 is 2.51 bits per heavy atom. The molecule has 0 spiro atoms. The number of aliphatic carboxylic acids is 1. The Balaban J connectivity index is 1.37. The van der Waals surface area contributed by atoms with Crippen LogP contribution in [0.25, 0.3) is 21.9 Å². The van der Waals surface area contributed by atoms with E-state index in [0.717, 1.165) is 40.3 Å². The molecule has 35 heavy (non-hydrogen) atoms. The van der Waals surface area contributed by atoms with E-state index in [-0.39, 0.29) is 23.8 Å². The number of carboxylic acids is 1. The van der Waals surface area contributed by atoms with Gasteiger partial charge in [-0.25, -0.2) is 4.98 Å². The average molecular weight is 472 g/mol. The maximum absolute atomic E-state index is 13.0. The molecular weight excluding hydrogens is 442 g/mol. The molecule has 2 aromatic carbocycles. The SMILES string of the molecule is CCC1(C(=O)O)CCC1NC(=O)c1ccc(C)c(-c2ccc3cc(NC(=O)C4CC4)ncc3c2)c1. The number of fused-ring (bicyclic) bond motifs is 1. The molecule has 7 nitrogen and oxygen atoms in total. The van der Waals surface area contributed by atoms with Crippen LogP contribution in [0.15, 0.2) is 48.7 Å². The average Bonchev–Trinajstić information content (AvgIpc) is 3.68. The molecule has 3 aromatic rings. The molecule has 2 unspecified atom stereocenters. The lowest BCUT2D eigenvalue weighted by molar-refractivity contribution is -0.157. The van der Waals surface area contributed by atoms with E-state index >= 15 is 0 Å². The van der Waals surface area contributed by atoms with Crippen molar-refractivity contribution in [2.24, 2.45) is 11.3 Å². The van der Waals surface area contributed by atoms with Gasteiger partial charge in [0.15, 0.2) is 0 Å². The second-order valence-corrected chi connectivity index (χ2v) is 9.80. The Morgan fingerprint density at radius 2 is 1.86 bits per heavy atom. The largest absolute Gasteiger partial charge is 0.481 e. The molecule has 2 aliphatic carbocycles. The summed E-state index contributed by atoms with van der Waals surface area (Å²) in [4.78, 5) is 41.2. The van der Waals surface area contributed by atoms with Crippen molar-refractivity contribution in [2.75, 3.05) is 5.32 Å². The molecule has 1 aromatic heterocycles. The molecule has 0 saturated heterocycles. The summed E-state index contributed by atoms with van der Waals surface area (Å²) in [6.07, 6.45) is 5.38. The van der Waals surface area contributed by atoms with Gasteiger partial charge in [0.1, 0.15) is 5.82 Å². The Kier molecular flexibility index (Phi) is 5.79. The molecule has 2 amide bonds. The van der Waals surface area contributed by atoms with Crippen LogP contribution in [0.3, 0.4) is 0 Å². The summed E-state index contributed by atoms with van der Waals surface area (Å²) in [6.45, 7) is 3.85. The van der Waals surface area contributed by atoms with Gasteiger partial charge in [-0.15, -0.1) is 0 Å². The number of rotatable bonds is 7. The quantitative estimate of drug-likeness (QED) is 0.453. The van der Waals surface area contributed by atoms with Crippen molar-refractivity contribution < 1.29 is 19.5 Å². The van der Waals surface area contributed by atoms with Crippen LogP contribution in [-0.2, 0) is 9.59 Å². The zero-order valence-corrected chi connectivity index (χ0v) is 19.9. The van der Waals surface area contributed by atoms with Crippen LogP contribution < -0.4 is 10.6 Å². The number of hydrogen-bond acceptors (Lipinski definition) is 4. The lowest BCUT2D eigenvalue weighted by Gasteiger charge is -2.45. The van der Waals surface area contributed by atoms with Gasteiger partial charge < -0.3 is 15.7 Å². The highest BCUT2D eigenvalue weighted by atomic mass is 16.4. The van der Waals surface area contributed by atoms with Crippen LogP contribution >= 0.6 is 0 Å². The topological polar surface area (TPSA) is 108 Å². The standard InChI is InChI=1S/C28H29N3O4/c1-3-28(27(34)35)11-10-23(28)30-26(33)20-5-4-16(2)22(13-20)19-9-8-18-14-24(29-15-21(18)12-19)31-25(32)17-6-7-17/h4-5,8-9,12-15,17,23H,3,6-7,10-11H2,1-2H3,(H,30,33)(H,34,35)(H,29,31,32). The third-order valence-corrected chi connectivity index (χ3v) is 7.64. The van der Waals surface area contributed by atoms with Crippen molar-refractivity contribution in [1.29, 1.82) is 0 Å². The van der Waals surface area contributed by atoms with Crippen LogP contribution in [0.1, 0.15) is 54.9 Å². The molecule has 0 radical (unpaired) electrons. The second kappa shape index (κ2) is 8.80. The summed E-state index contributed by atoms with van der Waals surface area (Å²) in [5, 5.41) is 17.4. The first kappa shape index (κ1) is 23.0. The van der Waals surface area contributed by atoms with E-state index in [9.17, 15) is 19.5 Å². The number of nitrogens with one attached hydrogen (secondary N) is 2. The van der Waals surface area contributed by atoms with E-state index < -0.39 is 11.4 Å². The molecule has 3 N–H and O–H groups in total. The van der Waals surface area contributed by atoms with Gasteiger partial charge in [0.25, 0.3) is 5.91 Å². The number of carbonyl (C=O) groups excluding carboxylic acids is 2. The van der Waals surface area contributed by atoms with Crippen molar-refractivity contribution in [3.05, 3.63) is 59.8 Å². The lowest BCUT2D eigenvalue weighted by atomic mass is 9.62. The van der Waals surface area contributed by atoms with Gasteiger partial charge in [-0.1, -0.05) is 25.1 Å². The van der Waals surface area contributed by atoms with Crippen molar-refractivity contribution in [1.82, 2.24) is 10.3 Å². The number of anilines is 1. The number of nitrogens with zero attached hydrogens (tertiary/aromatic N) is 1. The first-order valence-corrected chi connectivity index (χ1v) is 12.2. The summed E-state index contributed by atoms with van der Waals surface area (Å²) >= 11 is 0. The minimum atomic E-state index is -0.870. The third kappa shape index (κ3) is 4.27. The highest BCUT2D eigenvalue weighted by molar-refractivity contribution is 5.98. The number of carbonyl (C=O) groups is 3. The lowest BCUT2D eigenvalue weighted by Crippen LogP contribution is -2.58. The third-order valence-electron chi connectivity index (χ3n) is 7.64. The Morgan fingerprint density at radius 1 is 1.06 bits per heavy atom. The number of benzene rings is 2. The second-order valence-electron chi connectivity index (χ2n) is 9.80. The van der Waals surface area contributed by atoms with Crippen LogP contribution in [0.2, 0.25) is 0 Å². The summed E-state index contributed by atoms with van der Waals surface area (Å²) in [7, 11) is 0. The van der Waals surface area contributed by atoms with E-state index in [1.807, 2.05) is 50.2 Å². The van der Waals surface area contributed by atoms with Gasteiger partial charge in [0.05, 0.1) is 5.41 Å². The fourth-order valence-corrected chi connectivity index (χ4v) is 4.95. The fourth-order valence-electron chi connectivity index (χ4n) is 4.95. The summed E-state index contributed by atoms with van der Waals surface area (Å²) in [6, 6.07) is 13.1. The molecule has 7 heteroatoms. The van der Waals surface area contributed by atoms with Crippen LogP contribution in [-0.4, -0.2) is 33.9 Å². The zero-order chi connectivity index (χ0) is 24.7. The molecule has 0 aliphatic heterocycles. The highest BCUT2D eigenvalue weighted by Gasteiger charge is 2.52. The molecule has 1 heterocycles. The van der Waals surface area contributed by atoms with Gasteiger partial charge in [0, 0.05) is 29.1 Å². The zero-order valence-electron chi connectivity index (χ0n) is 19.9. The number of pyridine rings is 1. The van der Waals surface area contributed by atoms with E-state index in [1.165, 1.54) is 0 Å². The molecule has 2 fully saturated rings. The molecule has 5 rings (SSSR count). The minimum absolute atomic E-state index is 0.0284.